The van der Waals surface area contributed by atoms with E-state index in [2.05, 4.69) is 0 Å². The molecule has 20 heavy (non-hydrogen) atoms. The number of halogens is 4. The molecule has 1 aromatic rings. The van der Waals surface area contributed by atoms with E-state index in [1.54, 1.807) is 32.0 Å². The number of hydrogen-bond acceptors (Lipinski definition) is 2. The third-order valence-corrected chi connectivity index (χ3v) is 3.61. The van der Waals surface area contributed by atoms with Gasteiger partial charge in [0, 0.05) is 5.02 Å². The highest BCUT2D eigenvalue weighted by atomic mass is 35.5. The van der Waals surface area contributed by atoms with E-state index in [0.29, 0.717) is 16.3 Å². The summed E-state index contributed by atoms with van der Waals surface area (Å²) in [5, 5.41) is 9.96. The second-order valence-corrected chi connectivity index (χ2v) is 6.09. The van der Waals surface area contributed by atoms with Crippen molar-refractivity contribution in [3.8, 4) is 5.75 Å². The SMILES string of the molecule is COc1ccc(C(C)(C)CC(C)(O)C(F)(F)F)c(Cl)c1. The van der Waals surface area contributed by atoms with Crippen LogP contribution >= 0.6 is 11.6 Å². The molecule has 1 atom stereocenters. The fraction of sp³-hybridized carbons (Fsp3) is 0.571. The van der Waals surface area contributed by atoms with Gasteiger partial charge in [-0.1, -0.05) is 31.5 Å². The van der Waals surface area contributed by atoms with Gasteiger partial charge >= 0.3 is 6.18 Å². The maximum absolute atomic E-state index is 12.8. The van der Waals surface area contributed by atoms with Gasteiger partial charge in [0.1, 0.15) is 5.75 Å². The van der Waals surface area contributed by atoms with Gasteiger partial charge in [-0.3, -0.25) is 0 Å². The zero-order valence-corrected chi connectivity index (χ0v) is 12.6. The van der Waals surface area contributed by atoms with Gasteiger partial charge in [0.15, 0.2) is 5.60 Å². The Morgan fingerprint density at radius 3 is 2.15 bits per heavy atom. The first-order valence-electron chi connectivity index (χ1n) is 6.04. The van der Waals surface area contributed by atoms with E-state index in [1.807, 2.05) is 0 Å². The van der Waals surface area contributed by atoms with Crippen molar-refractivity contribution in [1.82, 2.24) is 0 Å². The van der Waals surface area contributed by atoms with Gasteiger partial charge in [-0.05, 0) is 36.5 Å². The van der Waals surface area contributed by atoms with Crippen LogP contribution < -0.4 is 4.74 Å². The molecule has 1 unspecified atom stereocenters. The third kappa shape index (κ3) is 3.58. The molecular weight excluding hydrogens is 293 g/mol. The first kappa shape index (κ1) is 17.1. The molecule has 6 heteroatoms. The van der Waals surface area contributed by atoms with E-state index in [9.17, 15) is 18.3 Å². The molecule has 1 rings (SSSR count). The van der Waals surface area contributed by atoms with E-state index < -0.39 is 23.6 Å². The van der Waals surface area contributed by atoms with Crippen LogP contribution in [0.3, 0.4) is 0 Å². The Hall–Kier alpha value is -0.940. The Labute approximate surface area is 121 Å². The summed E-state index contributed by atoms with van der Waals surface area (Å²) < 4.78 is 43.4. The van der Waals surface area contributed by atoms with Crippen LogP contribution in [0.1, 0.15) is 32.8 Å². The molecule has 0 heterocycles. The van der Waals surface area contributed by atoms with Crippen molar-refractivity contribution in [3.05, 3.63) is 28.8 Å². The molecule has 0 aromatic heterocycles. The predicted octanol–water partition coefficient (Wildman–Crippen LogP) is 4.33. The highest BCUT2D eigenvalue weighted by molar-refractivity contribution is 6.31. The van der Waals surface area contributed by atoms with E-state index in [-0.39, 0.29) is 0 Å². The Bertz CT molecular complexity index is 482. The molecular formula is C14H18ClF3O2. The summed E-state index contributed by atoms with van der Waals surface area (Å²) in [5.74, 6) is 0.525. The van der Waals surface area contributed by atoms with Crippen LogP contribution in [0.4, 0.5) is 13.2 Å². The van der Waals surface area contributed by atoms with Gasteiger partial charge in [-0.25, -0.2) is 0 Å². The van der Waals surface area contributed by atoms with Crippen LogP contribution in [0, 0.1) is 0 Å². The Balaban J connectivity index is 3.11. The van der Waals surface area contributed by atoms with Crippen LogP contribution in [-0.4, -0.2) is 24.0 Å². The number of aliphatic hydroxyl groups is 1. The minimum absolute atomic E-state index is 0.312. The topological polar surface area (TPSA) is 29.5 Å². The quantitative estimate of drug-likeness (QED) is 0.897. The molecule has 0 radical (unpaired) electrons. The minimum atomic E-state index is -4.69. The molecule has 0 bridgehead atoms. The van der Waals surface area contributed by atoms with E-state index in [0.717, 1.165) is 6.92 Å². The standard InChI is InChI=1S/C14H18ClF3O2/c1-12(2,8-13(3,19)14(16,17)18)10-6-5-9(20-4)7-11(10)15/h5-7,19H,8H2,1-4H3. The summed E-state index contributed by atoms with van der Waals surface area (Å²) in [5.41, 5.74) is -3.19. The van der Waals surface area contributed by atoms with Crippen molar-refractivity contribution in [1.29, 1.82) is 0 Å². The molecule has 0 aliphatic heterocycles. The molecule has 0 saturated carbocycles. The van der Waals surface area contributed by atoms with Crippen LogP contribution in [0.2, 0.25) is 5.02 Å². The number of benzene rings is 1. The summed E-state index contributed by atoms with van der Waals surface area (Å²) >= 11 is 6.09. The molecule has 0 fully saturated rings. The van der Waals surface area contributed by atoms with E-state index in [4.69, 9.17) is 16.3 Å². The first-order valence-corrected chi connectivity index (χ1v) is 6.42. The largest absolute Gasteiger partial charge is 0.497 e. The summed E-state index contributed by atoms with van der Waals surface area (Å²) in [6, 6.07) is 4.79. The zero-order chi connectivity index (χ0) is 15.8. The first-order chi connectivity index (χ1) is 8.90. The fourth-order valence-electron chi connectivity index (χ4n) is 2.23. The van der Waals surface area contributed by atoms with Crippen LogP contribution in [0.5, 0.6) is 5.75 Å². The summed E-state index contributed by atoms with van der Waals surface area (Å²) in [6.07, 6.45) is -5.18. The van der Waals surface area contributed by atoms with Crippen molar-refractivity contribution in [3.63, 3.8) is 0 Å². The lowest BCUT2D eigenvalue weighted by atomic mass is 9.75. The molecule has 0 saturated heterocycles. The predicted molar refractivity (Wildman–Crippen MR) is 72.3 cm³/mol. The molecule has 0 aliphatic carbocycles. The molecule has 0 amide bonds. The molecule has 2 nitrogen and oxygen atoms in total. The second kappa shape index (κ2) is 5.45. The Morgan fingerprint density at radius 1 is 1.20 bits per heavy atom. The molecule has 0 aliphatic rings. The smallest absolute Gasteiger partial charge is 0.416 e. The fourth-order valence-corrected chi connectivity index (χ4v) is 2.65. The van der Waals surface area contributed by atoms with Crippen LogP contribution in [0.15, 0.2) is 18.2 Å². The van der Waals surface area contributed by atoms with Crippen molar-refractivity contribution in [2.75, 3.05) is 7.11 Å². The average Bonchev–Trinajstić information content (AvgIpc) is 2.25. The van der Waals surface area contributed by atoms with Crippen molar-refractivity contribution < 1.29 is 23.0 Å². The summed E-state index contributed by atoms with van der Waals surface area (Å²) in [6.45, 7) is 3.99. The molecule has 114 valence electrons. The lowest BCUT2D eigenvalue weighted by Gasteiger charge is -2.36. The van der Waals surface area contributed by atoms with Gasteiger partial charge in [0.25, 0.3) is 0 Å². The Morgan fingerprint density at radius 2 is 1.75 bits per heavy atom. The number of ether oxygens (including phenoxy) is 1. The lowest BCUT2D eigenvalue weighted by molar-refractivity contribution is -0.259. The van der Waals surface area contributed by atoms with Gasteiger partial charge in [0.05, 0.1) is 7.11 Å². The van der Waals surface area contributed by atoms with Crippen molar-refractivity contribution in [2.45, 2.75) is 44.4 Å². The number of methoxy groups -OCH3 is 1. The zero-order valence-electron chi connectivity index (χ0n) is 11.8. The van der Waals surface area contributed by atoms with Gasteiger partial charge in [0.2, 0.25) is 0 Å². The van der Waals surface area contributed by atoms with Gasteiger partial charge < -0.3 is 9.84 Å². The van der Waals surface area contributed by atoms with Gasteiger partial charge in [-0.2, -0.15) is 13.2 Å². The summed E-state index contributed by atoms with van der Waals surface area (Å²) in [4.78, 5) is 0. The highest BCUT2D eigenvalue weighted by Gasteiger charge is 2.52. The Kier molecular flexibility index (Phi) is 4.66. The van der Waals surface area contributed by atoms with Crippen molar-refractivity contribution in [2.24, 2.45) is 0 Å². The molecule has 1 N–H and O–H groups in total. The highest BCUT2D eigenvalue weighted by Crippen LogP contribution is 2.43. The minimum Gasteiger partial charge on any atom is -0.497 e. The molecule has 1 aromatic carbocycles. The van der Waals surface area contributed by atoms with Gasteiger partial charge in [-0.15, -0.1) is 0 Å². The number of alkyl halides is 3. The normalized spacial score (nSPS) is 15.8. The average molecular weight is 311 g/mol. The third-order valence-electron chi connectivity index (χ3n) is 3.30. The van der Waals surface area contributed by atoms with Crippen LogP contribution in [-0.2, 0) is 5.41 Å². The molecule has 0 spiro atoms. The maximum atomic E-state index is 12.8. The summed E-state index contributed by atoms with van der Waals surface area (Å²) in [7, 11) is 1.48. The number of hydrogen-bond donors (Lipinski definition) is 1. The van der Waals surface area contributed by atoms with E-state index in [1.165, 1.54) is 7.11 Å². The maximum Gasteiger partial charge on any atom is 0.416 e. The van der Waals surface area contributed by atoms with Crippen LogP contribution in [0.25, 0.3) is 0 Å². The van der Waals surface area contributed by atoms with Crippen molar-refractivity contribution >= 4 is 11.6 Å². The monoisotopic (exact) mass is 310 g/mol. The second-order valence-electron chi connectivity index (χ2n) is 5.68. The van der Waals surface area contributed by atoms with E-state index >= 15 is 0 Å². The lowest BCUT2D eigenvalue weighted by Crippen LogP contribution is -2.46. The number of rotatable bonds is 4.